The van der Waals surface area contributed by atoms with E-state index < -0.39 is 0 Å². The molecular weight excluding hydrogens is 158 g/mol. The third kappa shape index (κ3) is 1.11. The number of aryl methyl sites for hydroxylation is 1. The maximum absolute atomic E-state index is 3.43. The van der Waals surface area contributed by atoms with Crippen LogP contribution < -0.4 is 4.99 Å². The molecule has 0 saturated carbocycles. The zero-order chi connectivity index (χ0) is 9.64. The average molecular weight is 174 g/mol. The van der Waals surface area contributed by atoms with Crippen LogP contribution >= 0.6 is 0 Å². The first-order valence-electron chi connectivity index (χ1n) is 4.74. The fourth-order valence-corrected chi connectivity index (χ4v) is 1.84. The van der Waals surface area contributed by atoms with E-state index >= 15 is 0 Å². The standard InChI is InChI=1S/C12H15N/c1-8-5-6-11-10(7-8)12(3,4)9(2)13-11/h5-7H,1-4H3/p+1. The minimum atomic E-state index is 0.182. The van der Waals surface area contributed by atoms with Crippen LogP contribution in [0, 0.1) is 6.92 Å². The highest BCUT2D eigenvalue weighted by Gasteiger charge is 2.37. The number of hydrogen-bond acceptors (Lipinski definition) is 0. The molecule has 1 aliphatic heterocycles. The van der Waals surface area contributed by atoms with Crippen LogP contribution in [0.5, 0.6) is 0 Å². The van der Waals surface area contributed by atoms with Gasteiger partial charge in [-0.3, -0.25) is 0 Å². The van der Waals surface area contributed by atoms with Crippen LogP contribution in [-0.4, -0.2) is 5.71 Å². The third-order valence-corrected chi connectivity index (χ3v) is 3.11. The molecule has 0 saturated heterocycles. The molecule has 0 aromatic heterocycles. The van der Waals surface area contributed by atoms with Gasteiger partial charge in [0.2, 0.25) is 5.69 Å². The molecule has 1 N–H and O–H groups in total. The first kappa shape index (κ1) is 8.49. The van der Waals surface area contributed by atoms with Gasteiger partial charge in [0, 0.05) is 18.6 Å². The van der Waals surface area contributed by atoms with Crippen LogP contribution in [0.4, 0.5) is 5.69 Å². The van der Waals surface area contributed by atoms with E-state index in [2.05, 4.69) is 50.9 Å². The molecule has 0 fully saturated rings. The molecule has 0 atom stereocenters. The van der Waals surface area contributed by atoms with E-state index in [4.69, 9.17) is 0 Å². The summed E-state index contributed by atoms with van der Waals surface area (Å²) in [5.74, 6) is 0. The number of hydrogen-bond donors (Lipinski definition) is 1. The summed E-state index contributed by atoms with van der Waals surface area (Å²) in [5.41, 5.74) is 5.55. The van der Waals surface area contributed by atoms with E-state index in [9.17, 15) is 0 Å². The normalized spacial score (nSPS) is 18.3. The topological polar surface area (TPSA) is 14.0 Å². The van der Waals surface area contributed by atoms with Gasteiger partial charge in [-0.1, -0.05) is 11.6 Å². The highest BCUT2D eigenvalue weighted by molar-refractivity contribution is 5.92. The van der Waals surface area contributed by atoms with E-state index in [1.165, 1.54) is 22.5 Å². The van der Waals surface area contributed by atoms with Gasteiger partial charge in [0.25, 0.3) is 0 Å². The third-order valence-electron chi connectivity index (χ3n) is 3.11. The summed E-state index contributed by atoms with van der Waals surface area (Å²) < 4.78 is 0. The predicted molar refractivity (Wildman–Crippen MR) is 55.5 cm³/mol. The largest absolute Gasteiger partial charge is 0.212 e. The summed E-state index contributed by atoms with van der Waals surface area (Å²) in [6.07, 6.45) is 0. The predicted octanol–water partition coefficient (Wildman–Crippen LogP) is 1.46. The van der Waals surface area contributed by atoms with Crippen LogP contribution in [0.1, 0.15) is 31.9 Å². The van der Waals surface area contributed by atoms with Crippen molar-refractivity contribution in [3.63, 3.8) is 0 Å². The Balaban J connectivity index is 2.65. The number of benzene rings is 1. The highest BCUT2D eigenvalue weighted by Crippen LogP contribution is 2.31. The Kier molecular flexibility index (Phi) is 1.59. The maximum Gasteiger partial charge on any atom is 0.207 e. The van der Waals surface area contributed by atoms with Crippen molar-refractivity contribution >= 4 is 11.4 Å². The lowest BCUT2D eigenvalue weighted by atomic mass is 9.82. The van der Waals surface area contributed by atoms with Crippen LogP contribution in [-0.2, 0) is 5.41 Å². The molecule has 1 aromatic carbocycles. The van der Waals surface area contributed by atoms with Gasteiger partial charge in [-0.05, 0) is 26.8 Å². The Hall–Kier alpha value is -1.11. The number of fused-ring (bicyclic) bond motifs is 1. The first-order chi connectivity index (χ1) is 6.01. The van der Waals surface area contributed by atoms with Crippen molar-refractivity contribution in [1.29, 1.82) is 0 Å². The second-order valence-corrected chi connectivity index (χ2v) is 4.42. The molecule has 1 aliphatic rings. The lowest BCUT2D eigenvalue weighted by molar-refractivity contribution is -0.351. The SMILES string of the molecule is CC1=[NH+]c2ccc(C)cc2C1(C)C. The molecule has 13 heavy (non-hydrogen) atoms. The lowest BCUT2D eigenvalue weighted by Gasteiger charge is -2.14. The van der Waals surface area contributed by atoms with Crippen molar-refractivity contribution in [3.05, 3.63) is 29.3 Å². The molecule has 0 radical (unpaired) electrons. The van der Waals surface area contributed by atoms with Gasteiger partial charge < -0.3 is 0 Å². The van der Waals surface area contributed by atoms with Gasteiger partial charge in [0.1, 0.15) is 0 Å². The molecule has 0 bridgehead atoms. The molecule has 1 aromatic rings. The Labute approximate surface area is 79.5 Å². The maximum atomic E-state index is 3.43. The number of nitrogens with one attached hydrogen (secondary N) is 1. The minimum Gasteiger partial charge on any atom is -0.212 e. The Bertz CT molecular complexity index is 386. The van der Waals surface area contributed by atoms with Gasteiger partial charge in [-0.2, -0.15) is 0 Å². The molecule has 2 rings (SSSR count). The molecular formula is C12H16N+. The van der Waals surface area contributed by atoms with E-state index in [-0.39, 0.29) is 5.41 Å². The van der Waals surface area contributed by atoms with Crippen LogP contribution in [0.25, 0.3) is 0 Å². The van der Waals surface area contributed by atoms with E-state index in [0.717, 1.165) is 0 Å². The van der Waals surface area contributed by atoms with Crippen molar-refractivity contribution < 1.29 is 4.99 Å². The monoisotopic (exact) mass is 174 g/mol. The van der Waals surface area contributed by atoms with Gasteiger partial charge in [-0.25, -0.2) is 4.99 Å². The molecule has 0 aliphatic carbocycles. The van der Waals surface area contributed by atoms with Crippen molar-refractivity contribution in [3.8, 4) is 0 Å². The first-order valence-corrected chi connectivity index (χ1v) is 4.74. The summed E-state index contributed by atoms with van der Waals surface area (Å²) in [6.45, 7) is 8.83. The van der Waals surface area contributed by atoms with Crippen molar-refractivity contribution in [2.24, 2.45) is 0 Å². The van der Waals surface area contributed by atoms with Crippen molar-refractivity contribution in [2.45, 2.75) is 33.1 Å². The second kappa shape index (κ2) is 2.44. The van der Waals surface area contributed by atoms with E-state index in [1.54, 1.807) is 0 Å². The summed E-state index contributed by atoms with van der Waals surface area (Å²) in [4.78, 5) is 3.43. The second-order valence-electron chi connectivity index (χ2n) is 4.42. The van der Waals surface area contributed by atoms with Crippen LogP contribution in [0.15, 0.2) is 18.2 Å². The summed E-state index contributed by atoms with van der Waals surface area (Å²) >= 11 is 0. The van der Waals surface area contributed by atoms with E-state index in [1.807, 2.05) is 0 Å². The molecule has 1 heterocycles. The Morgan fingerprint density at radius 1 is 1.15 bits per heavy atom. The summed E-state index contributed by atoms with van der Waals surface area (Å²) in [7, 11) is 0. The van der Waals surface area contributed by atoms with Gasteiger partial charge in [0.05, 0.1) is 5.41 Å². The Morgan fingerprint density at radius 3 is 2.54 bits per heavy atom. The fraction of sp³-hybridized carbons (Fsp3) is 0.417. The lowest BCUT2D eigenvalue weighted by Crippen LogP contribution is -2.64. The van der Waals surface area contributed by atoms with Gasteiger partial charge in [0.15, 0.2) is 5.71 Å². The zero-order valence-electron chi connectivity index (χ0n) is 8.73. The molecule has 1 nitrogen and oxygen atoms in total. The Morgan fingerprint density at radius 2 is 1.85 bits per heavy atom. The quantitative estimate of drug-likeness (QED) is 0.612. The number of rotatable bonds is 0. The minimum absolute atomic E-state index is 0.182. The molecule has 68 valence electrons. The smallest absolute Gasteiger partial charge is 0.207 e. The summed E-state index contributed by atoms with van der Waals surface area (Å²) in [5, 5.41) is 0. The highest BCUT2D eigenvalue weighted by atomic mass is 14.8. The van der Waals surface area contributed by atoms with Gasteiger partial charge >= 0.3 is 0 Å². The van der Waals surface area contributed by atoms with Crippen molar-refractivity contribution in [2.75, 3.05) is 0 Å². The van der Waals surface area contributed by atoms with E-state index in [0.29, 0.717) is 0 Å². The molecule has 0 unspecified atom stereocenters. The van der Waals surface area contributed by atoms with Crippen LogP contribution in [0.3, 0.4) is 0 Å². The fourth-order valence-electron chi connectivity index (χ4n) is 1.84. The van der Waals surface area contributed by atoms with Crippen molar-refractivity contribution in [1.82, 2.24) is 0 Å². The molecule has 0 spiro atoms. The van der Waals surface area contributed by atoms with Crippen LogP contribution in [0.2, 0.25) is 0 Å². The zero-order valence-corrected chi connectivity index (χ0v) is 8.73. The molecule has 1 heteroatoms. The van der Waals surface area contributed by atoms with Gasteiger partial charge in [-0.15, -0.1) is 0 Å². The average Bonchev–Trinajstić information content (AvgIpc) is 2.27. The molecule has 0 amide bonds. The summed E-state index contributed by atoms with van der Waals surface area (Å²) in [6, 6.07) is 6.60.